The quantitative estimate of drug-likeness (QED) is 0.290. The van der Waals surface area contributed by atoms with E-state index in [-0.39, 0.29) is 13.7 Å². The molecule has 0 aliphatic rings. The maximum Gasteiger partial charge on any atom is 0.227 e. The molecule has 3 rings (SSSR count). The lowest BCUT2D eigenvalue weighted by molar-refractivity contribution is 0.898. The van der Waals surface area contributed by atoms with E-state index in [9.17, 15) is 0 Å². The van der Waals surface area contributed by atoms with Crippen LogP contribution in [0.5, 0.6) is 0 Å². The van der Waals surface area contributed by atoms with Crippen molar-refractivity contribution < 1.29 is 0 Å². The molecule has 0 heterocycles. The summed E-state index contributed by atoms with van der Waals surface area (Å²) in [7, 11) is 3.95. The molecule has 3 aromatic carbocycles. The average molecular weight is 370 g/mol. The molecular weight excluding hydrogens is 348 g/mol. The van der Waals surface area contributed by atoms with Crippen LogP contribution in [0.3, 0.4) is 0 Å². The van der Waals surface area contributed by atoms with Gasteiger partial charge in [-0.2, -0.15) is 0 Å². The van der Waals surface area contributed by atoms with Gasteiger partial charge in [-0.05, 0) is 0 Å². The molecule has 0 spiro atoms. The summed E-state index contributed by atoms with van der Waals surface area (Å²) in [4.78, 5) is 0. The molecule has 24 heavy (non-hydrogen) atoms. The van der Waals surface area contributed by atoms with Crippen molar-refractivity contribution in [2.24, 2.45) is 0 Å². The highest BCUT2D eigenvalue weighted by Gasteiger charge is 2.53. The van der Waals surface area contributed by atoms with Crippen LogP contribution in [0, 0.1) is 0 Å². The molecule has 0 saturated heterocycles. The lowest BCUT2D eigenvalue weighted by atomic mass is 9.84. The SMILES string of the molecule is CS[S+](SC)C(c1ccccc1)(c1ccccc1)c1ccccc1. The van der Waals surface area contributed by atoms with Gasteiger partial charge in [0, 0.05) is 29.2 Å². The summed E-state index contributed by atoms with van der Waals surface area (Å²) in [5, 5.41) is 0. The minimum atomic E-state index is -0.150. The second-order valence-electron chi connectivity index (χ2n) is 5.35. The summed E-state index contributed by atoms with van der Waals surface area (Å²) < 4.78 is -0.150. The number of hydrogen-bond donors (Lipinski definition) is 0. The molecule has 0 N–H and O–H groups in total. The third kappa shape index (κ3) is 3.13. The molecule has 0 unspecified atom stereocenters. The zero-order valence-electron chi connectivity index (χ0n) is 13.9. The molecule has 0 amide bonds. The van der Waals surface area contributed by atoms with Crippen molar-refractivity contribution in [2.75, 3.05) is 12.5 Å². The van der Waals surface area contributed by atoms with Crippen LogP contribution in [0.15, 0.2) is 91.0 Å². The molecule has 0 atom stereocenters. The summed E-state index contributed by atoms with van der Waals surface area (Å²) in [5.74, 6) is 0. The highest BCUT2D eigenvalue weighted by molar-refractivity contribution is 9.06. The zero-order valence-corrected chi connectivity index (χ0v) is 16.3. The van der Waals surface area contributed by atoms with Gasteiger partial charge in [0.15, 0.2) is 0 Å². The molecule has 0 aromatic heterocycles. The molecule has 122 valence electrons. The van der Waals surface area contributed by atoms with Gasteiger partial charge in [-0.3, -0.25) is 0 Å². The van der Waals surface area contributed by atoms with E-state index in [0.29, 0.717) is 0 Å². The summed E-state index contributed by atoms with van der Waals surface area (Å²) in [6.45, 7) is 0. The second-order valence-corrected chi connectivity index (χ2v) is 11.7. The van der Waals surface area contributed by atoms with Crippen LogP contribution in [-0.4, -0.2) is 12.5 Å². The van der Waals surface area contributed by atoms with Crippen LogP contribution in [0.1, 0.15) is 16.7 Å². The average Bonchev–Trinajstić information content (AvgIpc) is 2.68. The highest BCUT2D eigenvalue weighted by atomic mass is 33.5. The van der Waals surface area contributed by atoms with Gasteiger partial charge in [0.25, 0.3) is 0 Å². The van der Waals surface area contributed by atoms with Crippen molar-refractivity contribution in [1.29, 1.82) is 0 Å². The largest absolute Gasteiger partial charge is 0.227 e. The molecule has 0 fully saturated rings. The Morgan fingerprint density at radius 3 is 1.08 bits per heavy atom. The zero-order chi connectivity index (χ0) is 16.8. The van der Waals surface area contributed by atoms with E-state index in [0.717, 1.165) is 0 Å². The van der Waals surface area contributed by atoms with Crippen molar-refractivity contribution in [3.05, 3.63) is 108 Å². The molecule has 0 nitrogen and oxygen atoms in total. The van der Waals surface area contributed by atoms with Crippen molar-refractivity contribution >= 4 is 30.5 Å². The predicted molar refractivity (Wildman–Crippen MR) is 114 cm³/mol. The molecular formula is C21H21S3+. The standard InChI is InChI=1S/C21H21S3/c1-22-24(23-2)21(18-12-6-3-7-13-18,19-14-8-4-9-15-19)20-16-10-5-11-17-20/h3-17H,1-2H3/q+1. The molecule has 0 aliphatic heterocycles. The van der Waals surface area contributed by atoms with E-state index in [1.54, 1.807) is 0 Å². The Bertz CT molecular complexity index is 641. The second kappa shape index (κ2) is 8.19. The topological polar surface area (TPSA) is 0 Å². The van der Waals surface area contributed by atoms with Crippen LogP contribution in [-0.2, 0) is 13.7 Å². The molecule has 0 aliphatic carbocycles. The minimum Gasteiger partial charge on any atom is -0.0622 e. The van der Waals surface area contributed by atoms with Gasteiger partial charge < -0.3 is 0 Å². The summed E-state index contributed by atoms with van der Waals surface area (Å²) in [6.07, 6.45) is 4.45. The van der Waals surface area contributed by atoms with E-state index in [4.69, 9.17) is 0 Å². The van der Waals surface area contributed by atoms with Gasteiger partial charge in [-0.15, -0.1) is 0 Å². The third-order valence-electron chi connectivity index (χ3n) is 4.09. The first-order chi connectivity index (χ1) is 11.8. The maximum atomic E-state index is 2.27. The first-order valence-corrected chi connectivity index (χ1v) is 12.5. The van der Waals surface area contributed by atoms with E-state index in [1.165, 1.54) is 16.7 Å². The van der Waals surface area contributed by atoms with Gasteiger partial charge in [0.2, 0.25) is 4.75 Å². The smallest absolute Gasteiger partial charge is 0.0622 e. The van der Waals surface area contributed by atoms with Gasteiger partial charge in [0.1, 0.15) is 30.5 Å². The Labute approximate surface area is 155 Å². The Morgan fingerprint density at radius 1 is 0.542 bits per heavy atom. The number of rotatable bonds is 6. The van der Waals surface area contributed by atoms with Crippen molar-refractivity contribution in [2.45, 2.75) is 4.75 Å². The van der Waals surface area contributed by atoms with Crippen LogP contribution in [0.25, 0.3) is 0 Å². The van der Waals surface area contributed by atoms with E-state index in [2.05, 4.69) is 104 Å². The summed E-state index contributed by atoms with van der Waals surface area (Å²) in [5.41, 5.74) is 4.07. The lowest BCUT2D eigenvalue weighted by Gasteiger charge is -2.31. The number of hydrogen-bond acceptors (Lipinski definition) is 2. The van der Waals surface area contributed by atoms with Crippen LogP contribution in [0.4, 0.5) is 0 Å². The van der Waals surface area contributed by atoms with Gasteiger partial charge in [-0.1, -0.05) is 91.0 Å². The first-order valence-electron chi connectivity index (χ1n) is 7.84. The Hall–Kier alpha value is -1.29. The van der Waals surface area contributed by atoms with Gasteiger partial charge in [0.05, 0.1) is 0 Å². The van der Waals surface area contributed by atoms with Crippen LogP contribution >= 0.6 is 21.6 Å². The van der Waals surface area contributed by atoms with Crippen LogP contribution < -0.4 is 0 Å². The van der Waals surface area contributed by atoms with Crippen LogP contribution in [0.2, 0.25) is 0 Å². The lowest BCUT2D eigenvalue weighted by Crippen LogP contribution is -2.35. The maximum absolute atomic E-state index is 2.27. The van der Waals surface area contributed by atoms with E-state index < -0.39 is 0 Å². The van der Waals surface area contributed by atoms with E-state index >= 15 is 0 Å². The highest BCUT2D eigenvalue weighted by Crippen LogP contribution is 2.52. The fraction of sp³-hybridized carbons (Fsp3) is 0.143. The molecule has 0 saturated carbocycles. The van der Waals surface area contributed by atoms with Crippen molar-refractivity contribution in [3.63, 3.8) is 0 Å². The normalized spacial score (nSPS) is 11.6. The Balaban J connectivity index is 2.37. The number of benzene rings is 3. The Morgan fingerprint density at radius 2 is 0.833 bits per heavy atom. The van der Waals surface area contributed by atoms with E-state index in [1.807, 2.05) is 21.6 Å². The molecule has 0 radical (unpaired) electrons. The summed E-state index contributed by atoms with van der Waals surface area (Å²) >= 11 is 0. The fourth-order valence-electron chi connectivity index (χ4n) is 3.13. The first kappa shape index (κ1) is 17.5. The molecule has 3 heteroatoms. The predicted octanol–water partition coefficient (Wildman–Crippen LogP) is 6.15. The Kier molecular flexibility index (Phi) is 5.99. The van der Waals surface area contributed by atoms with Gasteiger partial charge in [-0.25, -0.2) is 0 Å². The molecule has 3 aromatic rings. The summed E-state index contributed by atoms with van der Waals surface area (Å²) in [6, 6.07) is 32.8. The third-order valence-corrected chi connectivity index (χ3v) is 11.7. The van der Waals surface area contributed by atoms with Crippen molar-refractivity contribution in [1.82, 2.24) is 0 Å². The monoisotopic (exact) mass is 369 g/mol. The fourth-order valence-corrected chi connectivity index (χ4v) is 9.61. The van der Waals surface area contributed by atoms with Gasteiger partial charge >= 0.3 is 0 Å². The molecule has 0 bridgehead atoms. The van der Waals surface area contributed by atoms with Crippen molar-refractivity contribution in [3.8, 4) is 0 Å². The minimum absolute atomic E-state index is 0.0456.